The summed E-state index contributed by atoms with van der Waals surface area (Å²) in [6, 6.07) is 11.4. The second-order valence-electron chi connectivity index (χ2n) is 7.01. The molecule has 0 spiro atoms. The molecule has 0 bridgehead atoms. The second-order valence-corrected chi connectivity index (χ2v) is 8.87. The van der Waals surface area contributed by atoms with Gasteiger partial charge in [0.25, 0.3) is 5.91 Å². The molecule has 7 nitrogen and oxygen atoms in total. The first-order valence-electron chi connectivity index (χ1n) is 8.86. The van der Waals surface area contributed by atoms with Crippen LogP contribution in [0.15, 0.2) is 42.5 Å². The smallest absolute Gasteiger partial charge is 0.251 e. The Morgan fingerprint density at radius 2 is 1.86 bits per heavy atom. The zero-order valence-corrected chi connectivity index (χ0v) is 17.1. The van der Waals surface area contributed by atoms with Crippen molar-refractivity contribution in [2.24, 2.45) is 0 Å². The molecule has 2 amide bonds. The fourth-order valence-corrected chi connectivity index (χ4v) is 4.61. The van der Waals surface area contributed by atoms with Crippen LogP contribution < -0.4 is 14.5 Å². The number of nitrogens with zero attached hydrogens (tertiary/aromatic N) is 2. The number of sulfonamides is 1. The van der Waals surface area contributed by atoms with Gasteiger partial charge in [0, 0.05) is 0 Å². The maximum atomic E-state index is 13.3. The molecule has 0 radical (unpaired) electrons. The van der Waals surface area contributed by atoms with Gasteiger partial charge in [-0.15, -0.1) is 0 Å². The van der Waals surface area contributed by atoms with Gasteiger partial charge >= 0.3 is 0 Å². The van der Waals surface area contributed by atoms with Gasteiger partial charge in [-0.3, -0.25) is 18.8 Å². The van der Waals surface area contributed by atoms with E-state index in [1.165, 1.54) is 4.90 Å². The maximum Gasteiger partial charge on any atom is 0.251 e. The Hall–Kier alpha value is -2.87. The van der Waals surface area contributed by atoms with Gasteiger partial charge in [-0.1, -0.05) is 24.3 Å². The predicted molar refractivity (Wildman–Crippen MR) is 110 cm³/mol. The highest BCUT2D eigenvalue weighted by molar-refractivity contribution is 7.92. The van der Waals surface area contributed by atoms with E-state index in [-0.39, 0.29) is 12.5 Å². The number of amides is 2. The van der Waals surface area contributed by atoms with Crippen molar-refractivity contribution >= 4 is 38.9 Å². The zero-order chi connectivity index (χ0) is 20.6. The topological polar surface area (TPSA) is 86.8 Å². The molecule has 0 saturated heterocycles. The third kappa shape index (κ3) is 3.73. The van der Waals surface area contributed by atoms with Crippen LogP contribution >= 0.6 is 0 Å². The van der Waals surface area contributed by atoms with Gasteiger partial charge in [-0.2, -0.15) is 0 Å². The highest BCUT2D eigenvalue weighted by Crippen LogP contribution is 2.32. The van der Waals surface area contributed by atoms with Crippen LogP contribution in [0.1, 0.15) is 18.1 Å². The van der Waals surface area contributed by atoms with E-state index < -0.39 is 22.0 Å². The predicted octanol–water partition coefficient (Wildman–Crippen LogP) is 2.44. The van der Waals surface area contributed by atoms with Crippen LogP contribution in [0.4, 0.5) is 17.1 Å². The van der Waals surface area contributed by atoms with Crippen LogP contribution in [0.5, 0.6) is 0 Å². The lowest BCUT2D eigenvalue weighted by atomic mass is 10.1. The zero-order valence-electron chi connectivity index (χ0n) is 16.3. The molecule has 28 heavy (non-hydrogen) atoms. The largest absolute Gasteiger partial charge is 0.323 e. The Morgan fingerprint density at radius 3 is 2.54 bits per heavy atom. The van der Waals surface area contributed by atoms with Gasteiger partial charge in [0.1, 0.15) is 12.6 Å². The lowest BCUT2D eigenvalue weighted by molar-refractivity contribution is -0.122. The minimum absolute atomic E-state index is 0.162. The molecule has 1 N–H and O–H groups in total. The molecule has 0 unspecified atom stereocenters. The van der Waals surface area contributed by atoms with Crippen molar-refractivity contribution in [2.45, 2.75) is 26.8 Å². The molecule has 3 rings (SSSR count). The third-order valence-electron chi connectivity index (χ3n) is 4.71. The van der Waals surface area contributed by atoms with E-state index in [0.29, 0.717) is 17.1 Å². The highest BCUT2D eigenvalue weighted by Gasteiger charge is 2.36. The summed E-state index contributed by atoms with van der Waals surface area (Å²) in [6.45, 7) is 5.04. The summed E-state index contributed by atoms with van der Waals surface area (Å²) >= 11 is 0. The molecular weight excluding hydrogens is 378 g/mol. The van der Waals surface area contributed by atoms with E-state index in [2.05, 4.69) is 5.32 Å². The van der Waals surface area contributed by atoms with Crippen LogP contribution in [-0.4, -0.2) is 39.1 Å². The summed E-state index contributed by atoms with van der Waals surface area (Å²) in [5, 5.41) is 2.73. The first kappa shape index (κ1) is 19.9. The number of fused-ring (bicyclic) bond motifs is 1. The molecular formula is C20H23N3O4S. The number of nitrogens with one attached hydrogen (secondary N) is 1. The Bertz CT molecular complexity index is 1050. The van der Waals surface area contributed by atoms with Gasteiger partial charge in [0.05, 0.1) is 23.3 Å². The van der Waals surface area contributed by atoms with E-state index in [1.54, 1.807) is 44.2 Å². The molecule has 148 valence electrons. The third-order valence-corrected chi connectivity index (χ3v) is 5.93. The van der Waals surface area contributed by atoms with Crippen molar-refractivity contribution in [2.75, 3.05) is 27.3 Å². The molecule has 8 heteroatoms. The van der Waals surface area contributed by atoms with Crippen molar-refractivity contribution in [3.05, 3.63) is 53.6 Å². The Balaban J connectivity index is 2.05. The lowest BCUT2D eigenvalue weighted by Gasteiger charge is -2.35. The summed E-state index contributed by atoms with van der Waals surface area (Å²) in [7, 11) is -3.75. The molecule has 0 fully saturated rings. The van der Waals surface area contributed by atoms with E-state index in [9.17, 15) is 18.0 Å². The molecule has 0 saturated carbocycles. The van der Waals surface area contributed by atoms with Crippen molar-refractivity contribution in [1.82, 2.24) is 0 Å². The van der Waals surface area contributed by atoms with E-state index >= 15 is 0 Å². The van der Waals surface area contributed by atoms with Crippen LogP contribution in [-0.2, 0) is 19.6 Å². The van der Waals surface area contributed by atoms with Crippen LogP contribution in [0.2, 0.25) is 0 Å². The molecule has 0 aromatic heterocycles. The minimum Gasteiger partial charge on any atom is -0.323 e. The monoisotopic (exact) mass is 401 g/mol. The quantitative estimate of drug-likeness (QED) is 0.853. The molecule has 2 aromatic rings. The van der Waals surface area contributed by atoms with E-state index in [4.69, 9.17) is 0 Å². The molecule has 2 aromatic carbocycles. The lowest BCUT2D eigenvalue weighted by Crippen LogP contribution is -2.53. The number of carbonyl (C=O) groups is 2. The normalized spacial score (nSPS) is 14.9. The SMILES string of the molecule is Cc1ccc(C)c(N([C@@H](C)C(=O)N2CC(=O)Nc3ccccc32)S(C)(=O)=O)c1. The van der Waals surface area contributed by atoms with Crippen molar-refractivity contribution in [3.63, 3.8) is 0 Å². The summed E-state index contributed by atoms with van der Waals surface area (Å²) in [6.07, 6.45) is 1.08. The van der Waals surface area contributed by atoms with Crippen LogP contribution in [0.25, 0.3) is 0 Å². The van der Waals surface area contributed by atoms with Gasteiger partial charge in [-0.25, -0.2) is 8.42 Å². The Morgan fingerprint density at radius 1 is 1.18 bits per heavy atom. The van der Waals surface area contributed by atoms with Crippen molar-refractivity contribution in [1.29, 1.82) is 0 Å². The first-order chi connectivity index (χ1) is 13.1. The highest BCUT2D eigenvalue weighted by atomic mass is 32.2. The Kier molecular flexibility index (Phi) is 5.16. The molecule has 1 aliphatic heterocycles. The summed E-state index contributed by atoms with van der Waals surface area (Å²) in [5.74, 6) is -0.787. The number of carbonyl (C=O) groups excluding carboxylic acids is 2. The first-order valence-corrected chi connectivity index (χ1v) is 10.7. The summed E-state index contributed by atoms with van der Waals surface area (Å²) in [4.78, 5) is 26.7. The number of para-hydroxylation sites is 2. The van der Waals surface area contributed by atoms with E-state index in [1.807, 2.05) is 19.1 Å². The van der Waals surface area contributed by atoms with Crippen LogP contribution in [0, 0.1) is 13.8 Å². The second kappa shape index (κ2) is 7.27. The summed E-state index contributed by atoms with van der Waals surface area (Å²) in [5.41, 5.74) is 3.16. The molecule has 0 aliphatic carbocycles. The summed E-state index contributed by atoms with van der Waals surface area (Å²) < 4.78 is 26.4. The standard InChI is InChI=1S/C20H23N3O4S/c1-13-9-10-14(2)18(11-13)23(28(4,26)27)15(3)20(25)22-12-19(24)21-16-7-5-6-8-17(16)22/h5-11,15H,12H2,1-4H3,(H,21,24)/t15-/m0/s1. The number of hydrogen-bond donors (Lipinski definition) is 1. The average molecular weight is 401 g/mol. The van der Waals surface area contributed by atoms with Crippen LogP contribution in [0.3, 0.4) is 0 Å². The van der Waals surface area contributed by atoms with Gasteiger partial charge in [0.15, 0.2) is 0 Å². The van der Waals surface area contributed by atoms with E-state index in [0.717, 1.165) is 21.7 Å². The van der Waals surface area contributed by atoms with Crippen molar-refractivity contribution < 1.29 is 18.0 Å². The fourth-order valence-electron chi connectivity index (χ4n) is 3.39. The Labute approximate surface area is 165 Å². The number of rotatable bonds is 4. The maximum absolute atomic E-state index is 13.3. The molecule has 1 heterocycles. The number of anilines is 3. The number of aryl methyl sites for hydroxylation is 2. The average Bonchev–Trinajstić information content (AvgIpc) is 2.62. The fraction of sp³-hybridized carbons (Fsp3) is 0.300. The number of benzene rings is 2. The van der Waals surface area contributed by atoms with Gasteiger partial charge in [0.2, 0.25) is 15.9 Å². The van der Waals surface area contributed by atoms with Gasteiger partial charge in [-0.05, 0) is 50.1 Å². The van der Waals surface area contributed by atoms with Gasteiger partial charge < -0.3 is 5.32 Å². The minimum atomic E-state index is -3.75. The number of hydrogen-bond acceptors (Lipinski definition) is 4. The van der Waals surface area contributed by atoms with Crippen molar-refractivity contribution in [3.8, 4) is 0 Å². The molecule has 1 atom stereocenters. The molecule has 1 aliphatic rings.